The predicted octanol–water partition coefficient (Wildman–Crippen LogP) is 2.24. The van der Waals surface area contributed by atoms with E-state index in [4.69, 9.17) is 10.5 Å². The van der Waals surface area contributed by atoms with E-state index in [2.05, 4.69) is 20.3 Å². The Hall–Kier alpha value is -4.31. The molecule has 1 saturated heterocycles. The van der Waals surface area contributed by atoms with E-state index in [0.717, 1.165) is 6.21 Å². The van der Waals surface area contributed by atoms with E-state index in [0.29, 0.717) is 48.7 Å². The molecule has 1 fully saturated rings. The summed E-state index contributed by atoms with van der Waals surface area (Å²) in [5.41, 5.74) is 8.21. The van der Waals surface area contributed by atoms with Gasteiger partial charge in [-0.1, -0.05) is 18.2 Å². The van der Waals surface area contributed by atoms with Crippen LogP contribution in [0.5, 0.6) is 5.75 Å². The number of carbonyl (C=O) groups excluding carboxylic acids is 2. The molecule has 4 N–H and O–H groups in total. The van der Waals surface area contributed by atoms with Crippen molar-refractivity contribution in [3.63, 3.8) is 0 Å². The van der Waals surface area contributed by atoms with E-state index in [1.807, 2.05) is 0 Å². The minimum atomic E-state index is -0.542. The number of nitrogen functional groups attached to an aromatic ring is 1. The fourth-order valence-corrected chi connectivity index (χ4v) is 3.26. The van der Waals surface area contributed by atoms with Crippen LogP contribution in [-0.2, 0) is 9.53 Å². The number of phenols is 1. The number of phenolic OH excluding ortho intramolecular Hbond substituents is 1. The zero-order valence-corrected chi connectivity index (χ0v) is 17.6. The first-order valence-electron chi connectivity index (χ1n) is 10.2. The number of hydrogen-bond donors (Lipinski definition) is 3. The van der Waals surface area contributed by atoms with Crippen molar-refractivity contribution in [2.45, 2.75) is 0 Å². The van der Waals surface area contributed by atoms with Gasteiger partial charge < -0.3 is 25.8 Å². The average Bonchev–Trinajstić information content (AvgIpc) is 2.83. The first-order chi connectivity index (χ1) is 16.0. The highest BCUT2D eigenvalue weighted by atomic mass is 16.5. The molecule has 4 rings (SSSR count). The Balaban J connectivity index is 1.44. The highest BCUT2D eigenvalue weighted by Gasteiger charge is 2.15. The summed E-state index contributed by atoms with van der Waals surface area (Å²) in [6.45, 7) is 1.91. The molecule has 0 radical (unpaired) electrons. The van der Waals surface area contributed by atoms with Crippen molar-refractivity contribution >= 4 is 35.5 Å². The number of aliphatic imine (C=N–C) groups is 1. The Morgan fingerprint density at radius 2 is 1.94 bits per heavy atom. The lowest BCUT2D eigenvalue weighted by Gasteiger charge is -2.25. The number of ether oxygens (including phenoxy) is 1. The lowest BCUT2D eigenvalue weighted by Crippen LogP contribution is -2.41. The third kappa shape index (κ3) is 5.49. The van der Waals surface area contributed by atoms with Crippen LogP contribution in [-0.4, -0.2) is 64.3 Å². The van der Waals surface area contributed by atoms with E-state index in [9.17, 15) is 14.7 Å². The Labute approximate surface area is 189 Å². The molecule has 2 aromatic carbocycles. The SMILES string of the molecule is Nc1nc(Nc2cccc(C(=O)N=CC(=O)N3CCOCC3)c2)ncc1-c1cccc(O)c1. The Bertz CT molecular complexity index is 1210. The molecule has 0 spiro atoms. The topological polar surface area (TPSA) is 143 Å². The number of carbonyl (C=O) groups is 2. The molecule has 1 aromatic heterocycles. The third-order valence-corrected chi connectivity index (χ3v) is 4.96. The first kappa shape index (κ1) is 21.9. The molecule has 3 aromatic rings. The van der Waals surface area contributed by atoms with Gasteiger partial charge in [0.25, 0.3) is 11.8 Å². The zero-order valence-electron chi connectivity index (χ0n) is 17.6. The molecule has 10 nitrogen and oxygen atoms in total. The summed E-state index contributed by atoms with van der Waals surface area (Å²) in [5, 5.41) is 12.7. The highest BCUT2D eigenvalue weighted by Crippen LogP contribution is 2.27. The summed E-state index contributed by atoms with van der Waals surface area (Å²) in [5.74, 6) is -0.273. The van der Waals surface area contributed by atoms with Gasteiger partial charge in [0.05, 0.1) is 19.4 Å². The second-order valence-electron chi connectivity index (χ2n) is 7.25. The lowest BCUT2D eigenvalue weighted by molar-refractivity contribution is -0.127. The van der Waals surface area contributed by atoms with Crippen LogP contribution < -0.4 is 11.1 Å². The fraction of sp³-hybridized carbons (Fsp3) is 0.174. The number of aromatic nitrogens is 2. The van der Waals surface area contributed by atoms with Gasteiger partial charge in [-0.2, -0.15) is 4.98 Å². The van der Waals surface area contributed by atoms with Gasteiger partial charge >= 0.3 is 0 Å². The van der Waals surface area contributed by atoms with Crippen molar-refractivity contribution in [2.24, 2.45) is 4.99 Å². The van der Waals surface area contributed by atoms with Crippen LogP contribution in [0, 0.1) is 0 Å². The number of amides is 2. The quantitative estimate of drug-likeness (QED) is 0.507. The third-order valence-electron chi connectivity index (χ3n) is 4.96. The van der Waals surface area contributed by atoms with Crippen molar-refractivity contribution < 1.29 is 19.4 Å². The molecular weight excluding hydrogens is 424 g/mol. The number of benzene rings is 2. The van der Waals surface area contributed by atoms with E-state index in [1.165, 1.54) is 0 Å². The van der Waals surface area contributed by atoms with Crippen molar-refractivity contribution in [3.05, 3.63) is 60.3 Å². The average molecular weight is 446 g/mol. The minimum Gasteiger partial charge on any atom is -0.508 e. The van der Waals surface area contributed by atoms with Crippen LogP contribution in [0.2, 0.25) is 0 Å². The van der Waals surface area contributed by atoms with Gasteiger partial charge in [0.15, 0.2) is 0 Å². The lowest BCUT2D eigenvalue weighted by atomic mass is 10.1. The maximum Gasteiger partial charge on any atom is 0.277 e. The maximum atomic E-state index is 12.4. The molecule has 2 amide bonds. The van der Waals surface area contributed by atoms with E-state index >= 15 is 0 Å². The predicted molar refractivity (Wildman–Crippen MR) is 123 cm³/mol. The Kier molecular flexibility index (Phi) is 6.56. The summed E-state index contributed by atoms with van der Waals surface area (Å²) in [4.78, 5) is 38.5. The van der Waals surface area contributed by atoms with Gasteiger partial charge in [-0.25, -0.2) is 9.98 Å². The molecule has 10 heteroatoms. The molecular formula is C23H22N6O4. The summed E-state index contributed by atoms with van der Waals surface area (Å²) < 4.78 is 5.21. The molecule has 0 atom stereocenters. The van der Waals surface area contributed by atoms with Crippen LogP contribution >= 0.6 is 0 Å². The van der Waals surface area contributed by atoms with Crippen molar-refractivity contribution in [2.75, 3.05) is 37.4 Å². The zero-order chi connectivity index (χ0) is 23.2. The number of rotatable bonds is 5. The standard InChI is InChI=1S/C23H22N6O4/c24-21-19(15-3-2-6-18(30)12-15)13-26-23(28-21)27-17-5-1-4-16(11-17)22(32)25-14-20(31)29-7-9-33-10-8-29/h1-6,11-14,30H,7-10H2,(H3,24,26,27,28). The monoisotopic (exact) mass is 446 g/mol. The van der Waals surface area contributed by atoms with Crippen LogP contribution in [0.3, 0.4) is 0 Å². The number of nitrogens with zero attached hydrogens (tertiary/aromatic N) is 4. The summed E-state index contributed by atoms with van der Waals surface area (Å²) in [6, 6.07) is 13.2. The number of morpholine rings is 1. The maximum absolute atomic E-state index is 12.4. The highest BCUT2D eigenvalue weighted by molar-refractivity contribution is 6.28. The number of nitrogens with two attached hydrogens (primary N) is 1. The van der Waals surface area contributed by atoms with Crippen LogP contribution in [0.4, 0.5) is 17.5 Å². The number of anilines is 3. The second-order valence-corrected chi connectivity index (χ2v) is 7.25. The minimum absolute atomic E-state index is 0.116. The molecule has 0 bridgehead atoms. The fourth-order valence-electron chi connectivity index (χ4n) is 3.26. The summed E-state index contributed by atoms with van der Waals surface area (Å²) in [7, 11) is 0. The summed E-state index contributed by atoms with van der Waals surface area (Å²) >= 11 is 0. The number of nitrogens with one attached hydrogen (secondary N) is 1. The van der Waals surface area contributed by atoms with Gasteiger partial charge in [0.1, 0.15) is 11.6 Å². The van der Waals surface area contributed by atoms with Gasteiger partial charge in [-0.15, -0.1) is 0 Å². The molecule has 1 aliphatic rings. The molecule has 1 aliphatic heterocycles. The van der Waals surface area contributed by atoms with Crippen LogP contribution in [0.15, 0.2) is 59.7 Å². The smallest absolute Gasteiger partial charge is 0.277 e. The van der Waals surface area contributed by atoms with Gasteiger partial charge in [0, 0.05) is 36.1 Å². The van der Waals surface area contributed by atoms with Crippen LogP contribution in [0.25, 0.3) is 11.1 Å². The normalized spacial score (nSPS) is 13.8. The summed E-state index contributed by atoms with van der Waals surface area (Å²) in [6.07, 6.45) is 2.59. The van der Waals surface area contributed by atoms with Crippen molar-refractivity contribution in [1.82, 2.24) is 14.9 Å². The van der Waals surface area contributed by atoms with Gasteiger partial charge in [-0.05, 0) is 35.9 Å². The van der Waals surface area contributed by atoms with Crippen LogP contribution in [0.1, 0.15) is 10.4 Å². The number of aromatic hydroxyl groups is 1. The first-order valence-corrected chi connectivity index (χ1v) is 10.2. The molecule has 0 unspecified atom stereocenters. The molecule has 0 aliphatic carbocycles. The van der Waals surface area contributed by atoms with E-state index in [1.54, 1.807) is 59.6 Å². The molecule has 0 saturated carbocycles. The largest absolute Gasteiger partial charge is 0.508 e. The van der Waals surface area contributed by atoms with E-state index in [-0.39, 0.29) is 23.4 Å². The number of hydrogen-bond acceptors (Lipinski definition) is 8. The van der Waals surface area contributed by atoms with Gasteiger partial charge in [0.2, 0.25) is 5.95 Å². The Morgan fingerprint density at radius 1 is 1.15 bits per heavy atom. The van der Waals surface area contributed by atoms with E-state index < -0.39 is 5.91 Å². The Morgan fingerprint density at radius 3 is 2.70 bits per heavy atom. The van der Waals surface area contributed by atoms with Gasteiger partial charge in [-0.3, -0.25) is 9.59 Å². The molecule has 33 heavy (non-hydrogen) atoms. The van der Waals surface area contributed by atoms with Crippen molar-refractivity contribution in [3.8, 4) is 16.9 Å². The molecule has 2 heterocycles. The molecule has 168 valence electrons. The second kappa shape index (κ2) is 9.88. The van der Waals surface area contributed by atoms with Crippen molar-refractivity contribution in [1.29, 1.82) is 0 Å².